The Labute approximate surface area is 253 Å². The van der Waals surface area contributed by atoms with Crippen LogP contribution in [0, 0.1) is 40.4 Å². The van der Waals surface area contributed by atoms with E-state index in [0.29, 0.717) is 37.3 Å². The maximum absolute atomic E-state index is 13.7. The van der Waals surface area contributed by atoms with Gasteiger partial charge >= 0.3 is 5.97 Å². The van der Waals surface area contributed by atoms with E-state index < -0.39 is 34.6 Å². The van der Waals surface area contributed by atoms with Crippen LogP contribution in [0.15, 0.2) is 24.3 Å². The summed E-state index contributed by atoms with van der Waals surface area (Å²) in [5.41, 5.74) is -1.80. The topological polar surface area (TPSA) is 116 Å². The van der Waals surface area contributed by atoms with Gasteiger partial charge in [-0.25, -0.2) is 4.79 Å². The van der Waals surface area contributed by atoms with Gasteiger partial charge in [0.05, 0.1) is 49.3 Å². The second kappa shape index (κ2) is 10.4. The highest BCUT2D eigenvalue weighted by Gasteiger charge is 2.87. The van der Waals surface area contributed by atoms with Crippen LogP contribution in [0.25, 0.3) is 0 Å². The normalized spacial score (nSPS) is 49.2. The predicted molar refractivity (Wildman–Crippen MR) is 155 cm³/mol. The third kappa shape index (κ3) is 3.57. The Bertz CT molecular complexity index is 1230. The molecular weight excluding hydrogens is 554 g/mol. The van der Waals surface area contributed by atoms with Crippen molar-refractivity contribution in [2.24, 2.45) is 40.4 Å². The molecule has 0 radical (unpaired) electrons. The number of likely N-dealkylation sites (tertiary alicyclic amines) is 1. The van der Waals surface area contributed by atoms with Gasteiger partial charge in [0.15, 0.2) is 0 Å². The quantitative estimate of drug-likeness (QED) is 0.407. The summed E-state index contributed by atoms with van der Waals surface area (Å²) in [5, 5.41) is 25.1. The number of rotatable bonds is 9. The van der Waals surface area contributed by atoms with Gasteiger partial charge in [0.1, 0.15) is 11.9 Å². The second-order valence-electron chi connectivity index (χ2n) is 14.0. The largest absolute Gasteiger partial charge is 0.497 e. The summed E-state index contributed by atoms with van der Waals surface area (Å²) in [6.07, 6.45) is -0.383. The number of hydrogen-bond acceptors (Lipinski definition) is 10. The standard InChI is InChI=1S/C33H47NO9/c1-7-34-15-31(16-38-2)22(35)13-23(41-5)33-20-12-19-21(40-4)14-32(37,25(29(33)34)27(42-6)28(31)33)24(20)26(19)43-30(36)17-8-10-18(39-3)11-9-17/h8-11,19-29,35,37H,7,12-16H2,1-6H3/t19-,20-,21+,22-,23+,24-,25+,26+,27+,28-,29+,31+,32-,33+/m1/s1. The summed E-state index contributed by atoms with van der Waals surface area (Å²) < 4.78 is 36.6. The zero-order valence-corrected chi connectivity index (χ0v) is 26.1. The lowest BCUT2D eigenvalue weighted by atomic mass is 9.42. The molecule has 0 unspecified atom stereocenters. The van der Waals surface area contributed by atoms with Gasteiger partial charge in [-0.15, -0.1) is 0 Å². The molecule has 1 aliphatic heterocycles. The van der Waals surface area contributed by atoms with E-state index in [-0.39, 0.29) is 53.9 Å². The number of carbonyl (C=O) groups is 1. The predicted octanol–water partition coefficient (Wildman–Crippen LogP) is 2.00. The molecule has 1 aromatic rings. The number of hydrogen-bond donors (Lipinski definition) is 2. The molecule has 7 rings (SSSR count). The minimum atomic E-state index is -1.21. The highest BCUT2D eigenvalue weighted by atomic mass is 16.6. The van der Waals surface area contributed by atoms with E-state index in [1.54, 1.807) is 59.8 Å². The van der Waals surface area contributed by atoms with Crippen molar-refractivity contribution in [2.75, 3.05) is 55.2 Å². The Kier molecular flexibility index (Phi) is 7.21. The van der Waals surface area contributed by atoms with E-state index in [1.165, 1.54) is 0 Å². The Hall–Kier alpha value is -1.79. The lowest BCUT2D eigenvalue weighted by Gasteiger charge is -2.70. The molecule has 14 atom stereocenters. The van der Waals surface area contributed by atoms with E-state index in [4.69, 9.17) is 28.4 Å². The lowest BCUT2D eigenvalue weighted by molar-refractivity contribution is -0.295. The number of benzene rings is 1. The fourth-order valence-corrected chi connectivity index (χ4v) is 12.0. The number of aliphatic hydroxyl groups excluding tert-OH is 1. The first-order valence-corrected chi connectivity index (χ1v) is 15.8. The molecule has 7 bridgehead atoms. The van der Waals surface area contributed by atoms with Crippen molar-refractivity contribution >= 4 is 5.97 Å². The van der Waals surface area contributed by atoms with Crippen LogP contribution >= 0.6 is 0 Å². The zero-order chi connectivity index (χ0) is 30.5. The molecule has 1 heterocycles. The van der Waals surface area contributed by atoms with Crippen LogP contribution in [-0.2, 0) is 23.7 Å². The van der Waals surface area contributed by atoms with E-state index in [9.17, 15) is 15.0 Å². The Morgan fingerprint density at radius 1 is 1.00 bits per heavy atom. The van der Waals surface area contributed by atoms with Gasteiger partial charge in [0.25, 0.3) is 0 Å². The number of ether oxygens (including phenoxy) is 6. The highest BCUT2D eigenvalue weighted by Crippen LogP contribution is 2.79. The number of fused-ring (bicyclic) bond motifs is 2. The van der Waals surface area contributed by atoms with Crippen LogP contribution in [0.4, 0.5) is 0 Å². The first-order valence-electron chi connectivity index (χ1n) is 15.8. The SMILES string of the molecule is CCN1C[C@]2(COC)[C@H](O)C[C@H](OC)[C@@]34[C@@H]5C[C@H]6[C@H](OC(=O)c7ccc(OC)cc7)[C@@H]5[C@](O)(C[C@@H]6OC)[C@@H]([C@H](OC)[C@H]23)[C@H]14. The van der Waals surface area contributed by atoms with Crippen LogP contribution in [0.1, 0.15) is 36.5 Å². The van der Waals surface area contributed by atoms with Crippen LogP contribution in [0.5, 0.6) is 5.75 Å². The second-order valence-corrected chi connectivity index (χ2v) is 14.0. The van der Waals surface area contributed by atoms with Crippen LogP contribution in [0.2, 0.25) is 0 Å². The lowest BCUT2D eigenvalue weighted by Crippen LogP contribution is -2.78. The molecule has 0 amide bonds. The number of piperidine rings is 1. The summed E-state index contributed by atoms with van der Waals surface area (Å²) in [6.45, 7) is 3.98. The summed E-state index contributed by atoms with van der Waals surface area (Å²) >= 11 is 0. The molecule has 6 aliphatic rings. The Morgan fingerprint density at radius 3 is 2.35 bits per heavy atom. The maximum Gasteiger partial charge on any atom is 0.338 e. The van der Waals surface area contributed by atoms with Gasteiger partial charge in [-0.1, -0.05) is 6.92 Å². The zero-order valence-electron chi connectivity index (χ0n) is 26.1. The third-order valence-electron chi connectivity index (χ3n) is 13.0. The van der Waals surface area contributed by atoms with Crippen LogP contribution in [-0.4, -0.2) is 118 Å². The van der Waals surface area contributed by atoms with Crippen LogP contribution < -0.4 is 4.74 Å². The van der Waals surface area contributed by atoms with Crippen molar-refractivity contribution in [1.82, 2.24) is 4.90 Å². The molecular formula is C33H47NO9. The molecule has 6 fully saturated rings. The van der Waals surface area contributed by atoms with E-state index >= 15 is 0 Å². The number of carbonyl (C=O) groups excluding carboxylic acids is 1. The van der Waals surface area contributed by atoms with Crippen molar-refractivity contribution < 1.29 is 43.4 Å². The van der Waals surface area contributed by atoms with Gasteiger partial charge < -0.3 is 38.6 Å². The highest BCUT2D eigenvalue weighted by molar-refractivity contribution is 5.89. The fourth-order valence-electron chi connectivity index (χ4n) is 12.0. The maximum atomic E-state index is 13.7. The molecule has 10 heteroatoms. The third-order valence-corrected chi connectivity index (χ3v) is 13.0. The van der Waals surface area contributed by atoms with E-state index in [1.807, 2.05) is 0 Å². The molecule has 238 valence electrons. The molecule has 43 heavy (non-hydrogen) atoms. The minimum Gasteiger partial charge on any atom is -0.497 e. The summed E-state index contributed by atoms with van der Waals surface area (Å²) in [4.78, 5) is 16.1. The van der Waals surface area contributed by atoms with Crippen molar-refractivity contribution in [2.45, 2.75) is 68.3 Å². The number of esters is 1. The smallest absolute Gasteiger partial charge is 0.338 e. The molecule has 2 N–H and O–H groups in total. The molecule has 0 aromatic heterocycles. The summed E-state index contributed by atoms with van der Waals surface area (Å²) in [5.74, 6) is -0.573. The average molecular weight is 602 g/mol. The molecule has 1 aromatic carbocycles. The minimum absolute atomic E-state index is 0.0200. The van der Waals surface area contributed by atoms with Gasteiger partial charge in [-0.3, -0.25) is 4.90 Å². The van der Waals surface area contributed by atoms with Gasteiger partial charge in [-0.05, 0) is 43.1 Å². The van der Waals surface area contributed by atoms with Gasteiger partial charge in [0.2, 0.25) is 0 Å². The van der Waals surface area contributed by atoms with Crippen molar-refractivity contribution in [1.29, 1.82) is 0 Å². The van der Waals surface area contributed by atoms with E-state index in [0.717, 1.165) is 13.0 Å². The summed E-state index contributed by atoms with van der Waals surface area (Å²) in [7, 11) is 8.47. The number of aliphatic hydroxyl groups is 2. The summed E-state index contributed by atoms with van der Waals surface area (Å²) in [6, 6.07) is 6.91. The van der Waals surface area contributed by atoms with Gasteiger partial charge in [0, 0.05) is 88.4 Å². The van der Waals surface area contributed by atoms with Crippen molar-refractivity contribution in [3.63, 3.8) is 0 Å². The average Bonchev–Trinajstić information content (AvgIpc) is 3.45. The molecule has 1 spiro atoms. The Morgan fingerprint density at radius 2 is 1.74 bits per heavy atom. The van der Waals surface area contributed by atoms with Gasteiger partial charge in [-0.2, -0.15) is 0 Å². The Balaban J connectivity index is 1.39. The molecule has 1 saturated heterocycles. The molecule has 5 aliphatic carbocycles. The first-order chi connectivity index (χ1) is 20.7. The fraction of sp³-hybridized carbons (Fsp3) is 0.788. The number of methoxy groups -OCH3 is 5. The molecule has 10 nitrogen and oxygen atoms in total. The number of nitrogens with zero attached hydrogens (tertiary/aromatic N) is 1. The van der Waals surface area contributed by atoms with Crippen LogP contribution in [0.3, 0.4) is 0 Å². The molecule has 5 saturated carbocycles. The van der Waals surface area contributed by atoms with Crippen molar-refractivity contribution in [3.8, 4) is 5.75 Å². The van der Waals surface area contributed by atoms with E-state index in [2.05, 4.69) is 11.8 Å². The first kappa shape index (κ1) is 29.9. The monoisotopic (exact) mass is 601 g/mol. The van der Waals surface area contributed by atoms with Crippen molar-refractivity contribution in [3.05, 3.63) is 29.8 Å².